The zero-order valence-corrected chi connectivity index (χ0v) is 32.5. The summed E-state index contributed by atoms with van der Waals surface area (Å²) in [5, 5.41) is 0. The average Bonchev–Trinajstić information content (AvgIpc) is 3.94. The number of hydrogen-bond donors (Lipinski definition) is 3. The summed E-state index contributed by atoms with van der Waals surface area (Å²) in [5.74, 6) is 0. The van der Waals surface area contributed by atoms with Gasteiger partial charge in [0.15, 0.2) is 0 Å². The van der Waals surface area contributed by atoms with E-state index in [2.05, 4.69) is 199 Å². The summed E-state index contributed by atoms with van der Waals surface area (Å²) >= 11 is 0. The maximum atomic E-state index is 5.44. The topological polar surface area (TPSA) is 60.3 Å². The molecule has 0 amide bonds. The second-order valence-corrected chi connectivity index (χ2v) is 17.7. The van der Waals surface area contributed by atoms with Crippen LogP contribution in [0.3, 0.4) is 0 Å². The normalized spacial score (nSPS) is 12.9. The minimum absolute atomic E-state index is 0.0544. The van der Waals surface area contributed by atoms with Crippen LogP contribution < -0.4 is 0 Å². The number of aromatic amines is 3. The fraction of sp³-hybridized carbons (Fsp3) is 0.245. The lowest BCUT2D eigenvalue weighted by atomic mass is 9.86. The minimum atomic E-state index is 0.0544. The zero-order valence-electron chi connectivity index (χ0n) is 32.5. The summed E-state index contributed by atoms with van der Waals surface area (Å²) in [4.78, 5) is 16.9. The lowest BCUT2D eigenvalue weighted by Gasteiger charge is -2.19. The van der Waals surface area contributed by atoms with Gasteiger partial charge in [0.1, 0.15) is 0 Å². The summed E-state index contributed by atoms with van der Waals surface area (Å²) in [6, 6.07) is 40.2. The first-order chi connectivity index (χ1) is 25.1. The van der Waals surface area contributed by atoms with E-state index in [0.29, 0.717) is 0 Å². The van der Waals surface area contributed by atoms with E-state index in [1.807, 2.05) is 0 Å². The van der Waals surface area contributed by atoms with Crippen molar-refractivity contribution >= 4 is 45.3 Å². The minimum Gasteiger partial charge on any atom is -0.354 e. The molecule has 53 heavy (non-hydrogen) atoms. The Morgan fingerprint density at radius 1 is 0.321 bits per heavy atom. The van der Waals surface area contributed by atoms with Crippen molar-refractivity contribution in [3.63, 3.8) is 0 Å². The number of aromatic nitrogens is 4. The van der Waals surface area contributed by atoms with Crippen molar-refractivity contribution in [1.29, 1.82) is 0 Å². The van der Waals surface area contributed by atoms with Crippen molar-refractivity contribution in [3.05, 3.63) is 137 Å². The van der Waals surface area contributed by atoms with E-state index in [1.165, 1.54) is 16.7 Å². The van der Waals surface area contributed by atoms with Crippen molar-refractivity contribution in [2.24, 2.45) is 0 Å². The second kappa shape index (κ2) is 12.5. The molecule has 0 spiro atoms. The van der Waals surface area contributed by atoms with E-state index in [0.717, 1.165) is 77.9 Å². The van der Waals surface area contributed by atoms with E-state index in [9.17, 15) is 0 Å². The molecular weight excluding hydrogens is 645 g/mol. The molecule has 5 heterocycles. The van der Waals surface area contributed by atoms with Crippen LogP contribution in [0, 0.1) is 0 Å². The first kappa shape index (κ1) is 34.5. The van der Waals surface area contributed by atoms with Crippen LogP contribution in [-0.2, 0) is 16.2 Å². The first-order valence-corrected chi connectivity index (χ1v) is 18.8. The fourth-order valence-corrected chi connectivity index (χ4v) is 7.47. The quantitative estimate of drug-likeness (QED) is 0.169. The largest absolute Gasteiger partial charge is 0.354 e. The van der Waals surface area contributed by atoms with E-state index in [1.54, 1.807) is 0 Å². The fourth-order valence-electron chi connectivity index (χ4n) is 7.47. The molecule has 0 saturated heterocycles. The van der Waals surface area contributed by atoms with E-state index in [-0.39, 0.29) is 16.2 Å². The molecule has 8 rings (SSSR count). The molecule has 4 nitrogen and oxygen atoms in total. The number of fused-ring (bicyclic) bond motifs is 9. The highest BCUT2D eigenvalue weighted by atomic mass is 14.8. The number of hydrogen-bond acceptors (Lipinski definition) is 1. The van der Waals surface area contributed by atoms with Crippen LogP contribution in [0.1, 0.15) is 90.4 Å². The maximum absolute atomic E-state index is 5.44. The van der Waals surface area contributed by atoms with Gasteiger partial charge in [-0.2, -0.15) is 0 Å². The molecule has 0 unspecified atom stereocenters. The Kier molecular flexibility index (Phi) is 8.14. The highest BCUT2D eigenvalue weighted by molar-refractivity contribution is 5.99. The molecule has 1 aliphatic rings. The van der Waals surface area contributed by atoms with Gasteiger partial charge in [0.25, 0.3) is 0 Å². The van der Waals surface area contributed by atoms with Gasteiger partial charge in [-0.15, -0.1) is 0 Å². The van der Waals surface area contributed by atoms with Crippen molar-refractivity contribution in [2.45, 2.75) is 78.6 Å². The molecular formula is C49H50N4. The van der Waals surface area contributed by atoms with Crippen LogP contribution in [0.5, 0.6) is 0 Å². The molecule has 266 valence electrons. The molecule has 4 heteroatoms. The van der Waals surface area contributed by atoms with Gasteiger partial charge in [0.2, 0.25) is 0 Å². The van der Waals surface area contributed by atoms with E-state index >= 15 is 0 Å². The Labute approximate surface area is 313 Å². The highest BCUT2D eigenvalue weighted by Gasteiger charge is 2.20. The Hall–Kier alpha value is -5.61. The maximum Gasteiger partial charge on any atom is 0.0737 e. The van der Waals surface area contributed by atoms with E-state index in [4.69, 9.17) is 4.98 Å². The summed E-state index contributed by atoms with van der Waals surface area (Å²) in [7, 11) is 0. The number of rotatable bonds is 3. The predicted molar refractivity (Wildman–Crippen MR) is 228 cm³/mol. The molecule has 0 atom stereocenters. The Balaban J connectivity index is 1.47. The molecule has 0 radical (unpaired) electrons. The Morgan fingerprint density at radius 3 is 0.906 bits per heavy atom. The summed E-state index contributed by atoms with van der Waals surface area (Å²) < 4.78 is 0. The van der Waals surface area contributed by atoms with Gasteiger partial charge in [0.05, 0.1) is 22.4 Å². The monoisotopic (exact) mass is 694 g/mol. The lowest BCUT2D eigenvalue weighted by molar-refractivity contribution is 0.590. The number of H-pyrrole nitrogens is 3. The van der Waals surface area contributed by atoms with Gasteiger partial charge >= 0.3 is 0 Å². The Morgan fingerprint density at radius 2 is 0.585 bits per heavy atom. The molecule has 8 bridgehead atoms. The smallest absolute Gasteiger partial charge is 0.0737 e. The summed E-state index contributed by atoms with van der Waals surface area (Å²) in [5.41, 5.74) is 18.8. The van der Waals surface area contributed by atoms with Gasteiger partial charge in [-0.1, -0.05) is 135 Å². The first-order valence-electron chi connectivity index (χ1n) is 18.8. The molecule has 4 aromatic heterocycles. The zero-order chi connectivity index (χ0) is 37.3. The van der Waals surface area contributed by atoms with Gasteiger partial charge < -0.3 is 15.0 Å². The number of benzene rings is 3. The van der Waals surface area contributed by atoms with Crippen molar-refractivity contribution in [2.75, 3.05) is 0 Å². The number of nitrogens with one attached hydrogen (secondary N) is 3. The van der Waals surface area contributed by atoms with Gasteiger partial charge in [-0.3, -0.25) is 0 Å². The van der Waals surface area contributed by atoms with Crippen LogP contribution in [0.15, 0.2) is 109 Å². The van der Waals surface area contributed by atoms with Gasteiger partial charge in [-0.05, 0) is 98.2 Å². The SMILES string of the molecule is CC(C)(C)c1ccc(-c2c3nc(c(-c4ccc(C(C)(C)C)cc4)c4ccc([nH]4)c4ccc([nH]4)c(-c4ccc(C(C)(C)C)cc4)c4ccc2[nH]4)C=C3)cc1. The second-order valence-electron chi connectivity index (χ2n) is 17.7. The van der Waals surface area contributed by atoms with Crippen molar-refractivity contribution < 1.29 is 0 Å². The molecule has 7 aromatic rings. The average molecular weight is 695 g/mol. The van der Waals surface area contributed by atoms with Crippen molar-refractivity contribution in [3.8, 4) is 33.4 Å². The standard InChI is InChI=1S/C49H50N4/c1-47(2,3)33-16-10-30(11-17-33)44-38-24-22-36(50-38)37-23-25-39(51-37)45(31-12-18-34(19-13-31)48(4,5)6)41-27-29-43(53-41)46(42-28-26-40(44)52-42)32-14-20-35(21-15-32)49(7,8)9/h10-29,50-52H,1-9H3. The molecule has 0 fully saturated rings. The summed E-state index contributed by atoms with van der Waals surface area (Å²) in [6.45, 7) is 20.3. The molecule has 0 aliphatic carbocycles. The predicted octanol–water partition coefficient (Wildman–Crippen LogP) is 13.6. The summed E-state index contributed by atoms with van der Waals surface area (Å²) in [6.07, 6.45) is 4.34. The molecule has 3 N–H and O–H groups in total. The lowest BCUT2D eigenvalue weighted by Crippen LogP contribution is -2.10. The molecule has 0 saturated carbocycles. The highest BCUT2D eigenvalue weighted by Crippen LogP contribution is 2.38. The molecule has 1 aliphatic heterocycles. The number of nitrogens with zero attached hydrogens (tertiary/aromatic N) is 1. The third kappa shape index (κ3) is 6.52. The van der Waals surface area contributed by atoms with Crippen LogP contribution >= 0.6 is 0 Å². The molecule has 3 aromatic carbocycles. The van der Waals surface area contributed by atoms with Crippen LogP contribution in [0.2, 0.25) is 0 Å². The van der Waals surface area contributed by atoms with Crippen molar-refractivity contribution in [1.82, 2.24) is 19.9 Å². The van der Waals surface area contributed by atoms with Gasteiger partial charge in [-0.25, -0.2) is 4.98 Å². The van der Waals surface area contributed by atoms with Crippen LogP contribution in [0.4, 0.5) is 0 Å². The third-order valence-electron chi connectivity index (χ3n) is 10.7. The Bertz CT molecular complexity index is 2620. The third-order valence-corrected chi connectivity index (χ3v) is 10.7. The van der Waals surface area contributed by atoms with Gasteiger partial charge in [0, 0.05) is 38.8 Å². The van der Waals surface area contributed by atoms with Crippen LogP contribution in [-0.4, -0.2) is 19.9 Å². The van der Waals surface area contributed by atoms with E-state index < -0.39 is 0 Å². The van der Waals surface area contributed by atoms with Crippen LogP contribution in [0.25, 0.3) is 78.6 Å².